The van der Waals surface area contributed by atoms with Crippen molar-refractivity contribution in [3.05, 3.63) is 59.7 Å². The van der Waals surface area contributed by atoms with Crippen LogP contribution in [0.1, 0.15) is 68.9 Å². The second kappa shape index (κ2) is 8.20. The molecule has 0 aromatic heterocycles. The summed E-state index contributed by atoms with van der Waals surface area (Å²) >= 11 is 0. The SMILES string of the molecule is C#Cc1ccc(-c2ccc(C3CCC(CCCC)CC3)cc2)cc1. The van der Waals surface area contributed by atoms with Gasteiger partial charge in [0.2, 0.25) is 0 Å². The molecule has 0 nitrogen and oxygen atoms in total. The van der Waals surface area contributed by atoms with Crippen molar-refractivity contribution in [1.82, 2.24) is 0 Å². The fourth-order valence-electron chi connectivity index (χ4n) is 3.98. The minimum Gasteiger partial charge on any atom is -0.115 e. The molecule has 0 amide bonds. The Morgan fingerprint density at radius 1 is 0.875 bits per heavy atom. The van der Waals surface area contributed by atoms with Crippen LogP contribution in [0, 0.1) is 18.3 Å². The van der Waals surface area contributed by atoms with Gasteiger partial charge in [0.15, 0.2) is 0 Å². The third-order valence-electron chi connectivity index (χ3n) is 5.58. The van der Waals surface area contributed by atoms with Gasteiger partial charge in [0.05, 0.1) is 0 Å². The Hall–Kier alpha value is -2.00. The Labute approximate surface area is 147 Å². The van der Waals surface area contributed by atoms with Gasteiger partial charge in [-0.25, -0.2) is 0 Å². The molecule has 1 aliphatic rings. The molecule has 0 bridgehead atoms. The van der Waals surface area contributed by atoms with E-state index >= 15 is 0 Å². The quantitative estimate of drug-likeness (QED) is 0.532. The minimum atomic E-state index is 0.765. The molecular formula is C24H28. The number of unbranched alkanes of at least 4 members (excludes halogenated alkanes) is 1. The van der Waals surface area contributed by atoms with E-state index in [1.165, 1.54) is 61.6 Å². The molecule has 0 spiro atoms. The smallest absolute Gasteiger partial charge is 0.0243 e. The molecule has 124 valence electrons. The summed E-state index contributed by atoms with van der Waals surface area (Å²) in [5.74, 6) is 4.42. The van der Waals surface area contributed by atoms with E-state index in [2.05, 4.69) is 49.2 Å². The molecule has 0 heterocycles. The summed E-state index contributed by atoms with van der Waals surface area (Å²) in [6, 6.07) is 17.5. The topological polar surface area (TPSA) is 0 Å². The van der Waals surface area contributed by atoms with Gasteiger partial charge in [0.1, 0.15) is 0 Å². The fourth-order valence-corrected chi connectivity index (χ4v) is 3.98. The van der Waals surface area contributed by atoms with E-state index in [1.807, 2.05) is 12.1 Å². The number of terminal acetylenes is 1. The van der Waals surface area contributed by atoms with Crippen molar-refractivity contribution in [1.29, 1.82) is 0 Å². The summed E-state index contributed by atoms with van der Waals surface area (Å²) in [7, 11) is 0. The van der Waals surface area contributed by atoms with Crippen molar-refractivity contribution in [2.45, 2.75) is 57.8 Å². The zero-order valence-electron chi connectivity index (χ0n) is 14.8. The number of rotatable bonds is 5. The van der Waals surface area contributed by atoms with Crippen LogP contribution < -0.4 is 0 Å². The van der Waals surface area contributed by atoms with E-state index < -0.39 is 0 Å². The molecule has 2 aromatic rings. The van der Waals surface area contributed by atoms with Crippen molar-refractivity contribution >= 4 is 0 Å². The van der Waals surface area contributed by atoms with Gasteiger partial charge < -0.3 is 0 Å². The van der Waals surface area contributed by atoms with Crippen molar-refractivity contribution in [3.63, 3.8) is 0 Å². The van der Waals surface area contributed by atoms with E-state index in [9.17, 15) is 0 Å². The Bertz CT molecular complexity index is 661. The predicted octanol–water partition coefficient (Wildman–Crippen LogP) is 6.80. The lowest BCUT2D eigenvalue weighted by Crippen LogP contribution is -2.13. The van der Waals surface area contributed by atoms with Crippen LogP contribution in [0.5, 0.6) is 0 Å². The molecule has 0 atom stereocenters. The molecule has 1 aliphatic carbocycles. The lowest BCUT2D eigenvalue weighted by atomic mass is 9.77. The van der Waals surface area contributed by atoms with Crippen LogP contribution in [0.15, 0.2) is 48.5 Å². The Morgan fingerprint density at radius 2 is 1.46 bits per heavy atom. The lowest BCUT2D eigenvalue weighted by Gasteiger charge is -2.29. The van der Waals surface area contributed by atoms with Gasteiger partial charge >= 0.3 is 0 Å². The maximum atomic E-state index is 5.43. The van der Waals surface area contributed by atoms with Gasteiger partial charge in [-0.05, 0) is 66.3 Å². The Morgan fingerprint density at radius 3 is 2.00 bits per heavy atom. The van der Waals surface area contributed by atoms with Crippen LogP contribution in [0.3, 0.4) is 0 Å². The number of hydrogen-bond donors (Lipinski definition) is 0. The van der Waals surface area contributed by atoms with E-state index in [1.54, 1.807) is 0 Å². The molecule has 0 aliphatic heterocycles. The van der Waals surface area contributed by atoms with Crippen LogP contribution >= 0.6 is 0 Å². The van der Waals surface area contributed by atoms with Crippen molar-refractivity contribution in [2.24, 2.45) is 5.92 Å². The Balaban J connectivity index is 1.61. The van der Waals surface area contributed by atoms with E-state index in [0.29, 0.717) is 0 Å². The largest absolute Gasteiger partial charge is 0.115 e. The van der Waals surface area contributed by atoms with Crippen LogP contribution in [0.25, 0.3) is 11.1 Å². The van der Waals surface area contributed by atoms with Gasteiger partial charge in [-0.3, -0.25) is 0 Å². The van der Waals surface area contributed by atoms with Gasteiger partial charge in [-0.2, -0.15) is 0 Å². The monoisotopic (exact) mass is 316 g/mol. The van der Waals surface area contributed by atoms with Crippen LogP contribution in [-0.4, -0.2) is 0 Å². The standard InChI is InChI=1S/C24H28/c1-3-5-6-20-9-13-22(14-10-20)24-17-15-23(16-18-24)21-11-7-19(4-2)8-12-21/h2,7-8,11-12,15-18,20,22H,3,5-6,9-10,13-14H2,1H3. The molecule has 2 aromatic carbocycles. The molecule has 1 fully saturated rings. The summed E-state index contributed by atoms with van der Waals surface area (Å²) in [6.07, 6.45) is 15.2. The predicted molar refractivity (Wildman–Crippen MR) is 104 cm³/mol. The van der Waals surface area contributed by atoms with E-state index in [0.717, 1.165) is 17.4 Å². The molecule has 1 saturated carbocycles. The normalized spacial score (nSPS) is 20.5. The average molecular weight is 316 g/mol. The molecule has 0 N–H and O–H groups in total. The summed E-state index contributed by atoms with van der Waals surface area (Å²) in [5.41, 5.74) is 4.98. The third kappa shape index (κ3) is 4.09. The second-order valence-corrected chi connectivity index (χ2v) is 7.20. The first-order chi connectivity index (χ1) is 11.8. The summed E-state index contributed by atoms with van der Waals surface area (Å²) < 4.78 is 0. The van der Waals surface area contributed by atoms with Crippen molar-refractivity contribution < 1.29 is 0 Å². The number of hydrogen-bond acceptors (Lipinski definition) is 0. The maximum Gasteiger partial charge on any atom is 0.0243 e. The molecule has 3 rings (SSSR count). The Kier molecular flexibility index (Phi) is 5.76. The van der Waals surface area contributed by atoms with Crippen molar-refractivity contribution in [3.8, 4) is 23.5 Å². The van der Waals surface area contributed by atoms with E-state index in [4.69, 9.17) is 6.42 Å². The first-order valence-electron chi connectivity index (χ1n) is 9.47. The fraction of sp³-hybridized carbons (Fsp3) is 0.417. The molecular weight excluding hydrogens is 288 g/mol. The zero-order valence-corrected chi connectivity index (χ0v) is 14.8. The highest BCUT2D eigenvalue weighted by atomic mass is 14.3. The third-order valence-corrected chi connectivity index (χ3v) is 5.58. The van der Waals surface area contributed by atoms with Gasteiger partial charge in [0, 0.05) is 5.56 Å². The maximum absolute atomic E-state index is 5.43. The van der Waals surface area contributed by atoms with Crippen LogP contribution in [0.2, 0.25) is 0 Å². The summed E-state index contributed by atoms with van der Waals surface area (Å²) in [5, 5.41) is 0. The molecule has 0 saturated heterocycles. The highest BCUT2D eigenvalue weighted by Crippen LogP contribution is 2.38. The van der Waals surface area contributed by atoms with Gasteiger partial charge in [0.25, 0.3) is 0 Å². The van der Waals surface area contributed by atoms with Crippen LogP contribution in [-0.2, 0) is 0 Å². The minimum absolute atomic E-state index is 0.765. The average Bonchev–Trinajstić information content (AvgIpc) is 2.67. The molecule has 24 heavy (non-hydrogen) atoms. The van der Waals surface area contributed by atoms with Gasteiger partial charge in [-0.1, -0.05) is 68.5 Å². The molecule has 0 radical (unpaired) electrons. The summed E-state index contributed by atoms with van der Waals surface area (Å²) in [4.78, 5) is 0. The first-order valence-corrected chi connectivity index (χ1v) is 9.47. The molecule has 0 heteroatoms. The van der Waals surface area contributed by atoms with Crippen molar-refractivity contribution in [2.75, 3.05) is 0 Å². The molecule has 0 unspecified atom stereocenters. The highest BCUT2D eigenvalue weighted by Gasteiger charge is 2.21. The summed E-state index contributed by atoms with van der Waals surface area (Å²) in [6.45, 7) is 2.30. The second-order valence-electron chi connectivity index (χ2n) is 7.20. The van der Waals surface area contributed by atoms with Crippen LogP contribution in [0.4, 0.5) is 0 Å². The zero-order chi connectivity index (χ0) is 16.8. The highest BCUT2D eigenvalue weighted by molar-refractivity contribution is 5.64. The van der Waals surface area contributed by atoms with Gasteiger partial charge in [-0.15, -0.1) is 6.42 Å². The lowest BCUT2D eigenvalue weighted by molar-refractivity contribution is 0.304. The number of benzene rings is 2. The van der Waals surface area contributed by atoms with E-state index in [-0.39, 0.29) is 0 Å². The first kappa shape index (κ1) is 16.8.